The van der Waals surface area contributed by atoms with E-state index in [1.165, 1.54) is 11.3 Å². The van der Waals surface area contributed by atoms with Crippen LogP contribution in [0.1, 0.15) is 29.1 Å². The molecule has 3 aromatic heterocycles. The molecule has 0 aromatic carbocycles. The van der Waals surface area contributed by atoms with Crippen molar-refractivity contribution in [3.63, 3.8) is 0 Å². The molecule has 3 aromatic rings. The van der Waals surface area contributed by atoms with E-state index in [0.29, 0.717) is 11.3 Å². The summed E-state index contributed by atoms with van der Waals surface area (Å²) in [6.07, 6.45) is 3.28. The first-order valence-electron chi connectivity index (χ1n) is 6.27. The molecule has 3 heterocycles. The first kappa shape index (κ1) is 13.3. The van der Waals surface area contributed by atoms with Crippen LogP contribution in [0.15, 0.2) is 36.0 Å². The Bertz CT molecular complexity index is 729. The van der Waals surface area contributed by atoms with Gasteiger partial charge in [0.15, 0.2) is 0 Å². The molecule has 0 aliphatic rings. The monoisotopic (exact) mass is 303 g/mol. The molecular formula is C15H13NO2S2. The molecule has 20 heavy (non-hydrogen) atoms. The van der Waals surface area contributed by atoms with Gasteiger partial charge in [0.2, 0.25) is 5.78 Å². The van der Waals surface area contributed by atoms with Crippen LogP contribution in [0.2, 0.25) is 0 Å². The van der Waals surface area contributed by atoms with Crippen LogP contribution in [0.3, 0.4) is 0 Å². The van der Waals surface area contributed by atoms with Gasteiger partial charge < -0.3 is 4.74 Å². The second-order valence-electron chi connectivity index (χ2n) is 4.66. The SMILES string of the molecule is CC(C)Oc1cncc(C(=O)c2cc3sccc3s2)c1. The number of nitrogens with zero attached hydrogens (tertiary/aromatic N) is 1. The van der Waals surface area contributed by atoms with Crippen LogP contribution >= 0.6 is 22.7 Å². The summed E-state index contributed by atoms with van der Waals surface area (Å²) in [6.45, 7) is 3.89. The molecule has 0 radical (unpaired) electrons. The van der Waals surface area contributed by atoms with E-state index in [0.717, 1.165) is 14.3 Å². The molecule has 102 valence electrons. The summed E-state index contributed by atoms with van der Waals surface area (Å²) >= 11 is 3.17. The van der Waals surface area contributed by atoms with E-state index in [1.54, 1.807) is 29.8 Å². The van der Waals surface area contributed by atoms with Gasteiger partial charge in [0.1, 0.15) is 5.75 Å². The maximum atomic E-state index is 12.5. The molecule has 0 saturated carbocycles. The summed E-state index contributed by atoms with van der Waals surface area (Å²) < 4.78 is 7.88. The van der Waals surface area contributed by atoms with Gasteiger partial charge in [-0.2, -0.15) is 0 Å². The molecule has 0 aliphatic carbocycles. The van der Waals surface area contributed by atoms with Crippen molar-refractivity contribution in [1.29, 1.82) is 0 Å². The quantitative estimate of drug-likeness (QED) is 0.672. The topological polar surface area (TPSA) is 39.2 Å². The van der Waals surface area contributed by atoms with Crippen molar-refractivity contribution in [1.82, 2.24) is 4.98 Å². The van der Waals surface area contributed by atoms with Crippen molar-refractivity contribution in [3.05, 3.63) is 46.4 Å². The molecule has 0 unspecified atom stereocenters. The maximum absolute atomic E-state index is 12.5. The highest BCUT2D eigenvalue weighted by atomic mass is 32.1. The van der Waals surface area contributed by atoms with Crippen LogP contribution in [-0.4, -0.2) is 16.9 Å². The first-order valence-corrected chi connectivity index (χ1v) is 7.96. The van der Waals surface area contributed by atoms with Gasteiger partial charge in [-0.3, -0.25) is 9.78 Å². The van der Waals surface area contributed by atoms with Crippen LogP contribution in [0, 0.1) is 0 Å². The van der Waals surface area contributed by atoms with Crippen molar-refractivity contribution in [2.24, 2.45) is 0 Å². The van der Waals surface area contributed by atoms with E-state index >= 15 is 0 Å². The molecule has 0 amide bonds. The summed E-state index contributed by atoms with van der Waals surface area (Å²) in [5.74, 6) is 0.629. The lowest BCUT2D eigenvalue weighted by Gasteiger charge is -2.09. The zero-order valence-corrected chi connectivity index (χ0v) is 12.8. The van der Waals surface area contributed by atoms with E-state index in [9.17, 15) is 4.79 Å². The number of carbonyl (C=O) groups excluding carboxylic acids is 1. The average molecular weight is 303 g/mol. The predicted molar refractivity (Wildman–Crippen MR) is 83.1 cm³/mol. The third kappa shape index (κ3) is 2.59. The van der Waals surface area contributed by atoms with Gasteiger partial charge in [0.25, 0.3) is 0 Å². The average Bonchev–Trinajstić information content (AvgIpc) is 2.98. The number of rotatable bonds is 4. The minimum atomic E-state index is 0.0000983. The Morgan fingerprint density at radius 3 is 2.85 bits per heavy atom. The van der Waals surface area contributed by atoms with E-state index in [1.807, 2.05) is 31.4 Å². The lowest BCUT2D eigenvalue weighted by atomic mass is 10.1. The van der Waals surface area contributed by atoms with Crippen LogP contribution < -0.4 is 4.74 Å². The summed E-state index contributed by atoms with van der Waals surface area (Å²) in [6, 6.07) is 5.74. The number of fused-ring (bicyclic) bond motifs is 1. The number of hydrogen-bond donors (Lipinski definition) is 0. The predicted octanol–water partition coefficient (Wildman–Crippen LogP) is 4.38. The van der Waals surface area contributed by atoms with E-state index in [-0.39, 0.29) is 11.9 Å². The number of thiophene rings is 2. The second-order valence-corrected chi connectivity index (χ2v) is 6.70. The molecule has 3 rings (SSSR count). The van der Waals surface area contributed by atoms with Crippen molar-refractivity contribution in [3.8, 4) is 5.75 Å². The Balaban J connectivity index is 1.91. The molecule has 0 atom stereocenters. The zero-order chi connectivity index (χ0) is 14.1. The fourth-order valence-corrected chi connectivity index (χ4v) is 3.97. The lowest BCUT2D eigenvalue weighted by Crippen LogP contribution is -2.07. The number of hydrogen-bond acceptors (Lipinski definition) is 5. The third-order valence-corrected chi connectivity index (χ3v) is 4.80. The molecule has 5 heteroatoms. The first-order chi connectivity index (χ1) is 9.63. The second kappa shape index (κ2) is 5.34. The van der Waals surface area contributed by atoms with Gasteiger partial charge in [-0.1, -0.05) is 0 Å². The zero-order valence-electron chi connectivity index (χ0n) is 11.1. The highest BCUT2D eigenvalue weighted by molar-refractivity contribution is 7.28. The fourth-order valence-electron chi connectivity index (χ4n) is 1.90. The molecule has 0 spiro atoms. The van der Waals surface area contributed by atoms with Crippen LogP contribution in [-0.2, 0) is 0 Å². The minimum Gasteiger partial charge on any atom is -0.489 e. The standard InChI is InChI=1S/C15H13NO2S2/c1-9(2)18-11-5-10(7-16-8-11)15(17)14-6-13-12(20-14)3-4-19-13/h3-9H,1-2H3. The molecule has 0 bridgehead atoms. The minimum absolute atomic E-state index is 0.0000983. The van der Waals surface area contributed by atoms with Crippen molar-refractivity contribution < 1.29 is 9.53 Å². The van der Waals surface area contributed by atoms with Gasteiger partial charge in [0, 0.05) is 21.2 Å². The molecule has 0 aliphatic heterocycles. The van der Waals surface area contributed by atoms with Gasteiger partial charge in [-0.05, 0) is 37.4 Å². The highest BCUT2D eigenvalue weighted by Gasteiger charge is 2.14. The normalized spacial score (nSPS) is 11.2. The Labute approximate surface area is 124 Å². The lowest BCUT2D eigenvalue weighted by molar-refractivity contribution is 0.104. The smallest absolute Gasteiger partial charge is 0.204 e. The number of pyridine rings is 1. The molecule has 0 saturated heterocycles. The van der Waals surface area contributed by atoms with E-state index in [2.05, 4.69) is 4.98 Å². The van der Waals surface area contributed by atoms with Gasteiger partial charge >= 0.3 is 0 Å². The van der Waals surface area contributed by atoms with E-state index < -0.39 is 0 Å². The number of ketones is 1. The third-order valence-electron chi connectivity index (χ3n) is 2.71. The Kier molecular flexibility index (Phi) is 3.54. The van der Waals surface area contributed by atoms with Crippen LogP contribution in [0.25, 0.3) is 9.40 Å². The maximum Gasteiger partial charge on any atom is 0.204 e. The van der Waals surface area contributed by atoms with Crippen LogP contribution in [0.5, 0.6) is 5.75 Å². The van der Waals surface area contributed by atoms with Crippen molar-refractivity contribution in [2.45, 2.75) is 20.0 Å². The van der Waals surface area contributed by atoms with E-state index in [4.69, 9.17) is 4.74 Å². The largest absolute Gasteiger partial charge is 0.489 e. The van der Waals surface area contributed by atoms with Crippen molar-refractivity contribution >= 4 is 37.9 Å². The Morgan fingerprint density at radius 1 is 1.25 bits per heavy atom. The molecular weight excluding hydrogens is 290 g/mol. The van der Waals surface area contributed by atoms with Crippen LogP contribution in [0.4, 0.5) is 0 Å². The highest BCUT2D eigenvalue weighted by Crippen LogP contribution is 2.31. The molecule has 0 N–H and O–H groups in total. The summed E-state index contributed by atoms with van der Waals surface area (Å²) in [4.78, 5) is 17.3. The van der Waals surface area contributed by atoms with Crippen molar-refractivity contribution in [2.75, 3.05) is 0 Å². The summed E-state index contributed by atoms with van der Waals surface area (Å²) in [7, 11) is 0. The summed E-state index contributed by atoms with van der Waals surface area (Å²) in [5, 5.41) is 2.04. The molecule has 0 fully saturated rings. The number of ether oxygens (including phenoxy) is 1. The summed E-state index contributed by atoms with van der Waals surface area (Å²) in [5.41, 5.74) is 0.567. The Morgan fingerprint density at radius 2 is 2.10 bits per heavy atom. The number of carbonyl (C=O) groups is 1. The number of aromatic nitrogens is 1. The molecule has 3 nitrogen and oxygen atoms in total. The van der Waals surface area contributed by atoms with Gasteiger partial charge in [0.05, 0.1) is 17.2 Å². The van der Waals surface area contributed by atoms with Gasteiger partial charge in [-0.25, -0.2) is 0 Å². The Hall–Kier alpha value is -1.72. The fraction of sp³-hybridized carbons (Fsp3) is 0.200. The van der Waals surface area contributed by atoms with Gasteiger partial charge in [-0.15, -0.1) is 22.7 Å².